The zero-order chi connectivity index (χ0) is 13.3. The van der Waals surface area contributed by atoms with Crippen LogP contribution in [-0.2, 0) is 9.59 Å². The number of rotatable bonds is 2. The number of carbonyl (C=O) groups excluding carboxylic acids is 1. The minimum absolute atomic E-state index is 0.0821. The van der Waals surface area contributed by atoms with Crippen LogP contribution < -0.4 is 0 Å². The molecule has 4 nitrogen and oxygen atoms in total. The van der Waals surface area contributed by atoms with E-state index < -0.39 is 11.9 Å². The van der Waals surface area contributed by atoms with Crippen molar-refractivity contribution in [3.63, 3.8) is 0 Å². The average molecular weight is 253 g/mol. The fraction of sp³-hybridized carbons (Fsp3) is 0.857. The van der Waals surface area contributed by atoms with Gasteiger partial charge in [0.05, 0.1) is 11.8 Å². The molecule has 0 spiro atoms. The van der Waals surface area contributed by atoms with Crippen molar-refractivity contribution in [3.05, 3.63) is 0 Å². The van der Waals surface area contributed by atoms with Gasteiger partial charge in [0.25, 0.3) is 0 Å². The molecule has 0 bridgehead atoms. The molecule has 0 radical (unpaired) electrons. The van der Waals surface area contributed by atoms with E-state index in [0.29, 0.717) is 18.3 Å². The van der Waals surface area contributed by atoms with Gasteiger partial charge in [-0.3, -0.25) is 9.59 Å². The molecule has 2 fully saturated rings. The molecular weight excluding hydrogens is 230 g/mol. The summed E-state index contributed by atoms with van der Waals surface area (Å²) < 4.78 is 0. The van der Waals surface area contributed by atoms with Crippen molar-refractivity contribution >= 4 is 11.9 Å². The quantitative estimate of drug-likeness (QED) is 0.818. The van der Waals surface area contributed by atoms with E-state index in [-0.39, 0.29) is 11.8 Å². The molecule has 1 heterocycles. The molecule has 1 saturated heterocycles. The predicted molar refractivity (Wildman–Crippen MR) is 68.0 cm³/mol. The SMILES string of the molecule is CC1CCN(C(=O)[C@H]2CC(C)C[C@H]2C(=O)O)CC1. The van der Waals surface area contributed by atoms with Crippen molar-refractivity contribution < 1.29 is 14.7 Å². The van der Waals surface area contributed by atoms with Gasteiger partial charge in [0.2, 0.25) is 5.91 Å². The van der Waals surface area contributed by atoms with Crippen LogP contribution in [0.4, 0.5) is 0 Å². The van der Waals surface area contributed by atoms with Gasteiger partial charge in [0, 0.05) is 13.1 Å². The molecule has 0 aromatic rings. The van der Waals surface area contributed by atoms with Gasteiger partial charge in [-0.15, -0.1) is 0 Å². The summed E-state index contributed by atoms with van der Waals surface area (Å²) in [6.07, 6.45) is 3.48. The Bertz CT molecular complexity index is 334. The molecule has 4 heteroatoms. The maximum Gasteiger partial charge on any atom is 0.307 e. The molecule has 1 unspecified atom stereocenters. The van der Waals surface area contributed by atoms with Crippen LogP contribution in [0.1, 0.15) is 39.5 Å². The first-order valence-corrected chi connectivity index (χ1v) is 7.00. The molecule has 2 aliphatic rings. The third-order valence-corrected chi connectivity index (χ3v) is 4.53. The topological polar surface area (TPSA) is 57.6 Å². The fourth-order valence-corrected chi connectivity index (χ4v) is 3.30. The van der Waals surface area contributed by atoms with Gasteiger partial charge in [0.1, 0.15) is 0 Å². The van der Waals surface area contributed by atoms with Crippen LogP contribution >= 0.6 is 0 Å². The number of amides is 1. The van der Waals surface area contributed by atoms with Crippen LogP contribution in [0.2, 0.25) is 0 Å². The molecule has 1 amide bonds. The summed E-state index contributed by atoms with van der Waals surface area (Å²) >= 11 is 0. The highest BCUT2D eigenvalue weighted by Gasteiger charge is 2.43. The van der Waals surface area contributed by atoms with Crippen LogP contribution in [0, 0.1) is 23.7 Å². The minimum Gasteiger partial charge on any atom is -0.481 e. The van der Waals surface area contributed by atoms with E-state index in [1.54, 1.807) is 0 Å². The number of piperidine rings is 1. The molecule has 0 aromatic heterocycles. The van der Waals surface area contributed by atoms with E-state index in [0.717, 1.165) is 32.4 Å². The van der Waals surface area contributed by atoms with Crippen molar-refractivity contribution in [1.29, 1.82) is 0 Å². The Balaban J connectivity index is 2.01. The van der Waals surface area contributed by atoms with Gasteiger partial charge < -0.3 is 10.0 Å². The van der Waals surface area contributed by atoms with Crippen LogP contribution in [0.3, 0.4) is 0 Å². The van der Waals surface area contributed by atoms with E-state index in [4.69, 9.17) is 0 Å². The first-order chi connectivity index (χ1) is 8.49. The van der Waals surface area contributed by atoms with Crippen molar-refractivity contribution in [2.45, 2.75) is 39.5 Å². The van der Waals surface area contributed by atoms with Crippen molar-refractivity contribution in [3.8, 4) is 0 Å². The molecule has 2 rings (SSSR count). The molecule has 1 saturated carbocycles. The Kier molecular flexibility index (Phi) is 3.93. The standard InChI is InChI=1S/C14H23NO3/c1-9-3-5-15(6-4-9)13(16)11-7-10(2)8-12(11)14(17)18/h9-12H,3-8H2,1-2H3,(H,17,18)/t10?,11-,12+/m0/s1. The Hall–Kier alpha value is -1.06. The van der Waals surface area contributed by atoms with E-state index in [1.807, 2.05) is 11.8 Å². The number of likely N-dealkylation sites (tertiary alicyclic amines) is 1. The van der Waals surface area contributed by atoms with E-state index in [2.05, 4.69) is 6.92 Å². The van der Waals surface area contributed by atoms with Crippen LogP contribution in [0.5, 0.6) is 0 Å². The molecule has 0 aromatic carbocycles. The zero-order valence-electron chi connectivity index (χ0n) is 11.3. The van der Waals surface area contributed by atoms with Gasteiger partial charge in [0.15, 0.2) is 0 Å². The highest BCUT2D eigenvalue weighted by Crippen LogP contribution is 2.38. The maximum atomic E-state index is 12.4. The number of nitrogens with zero attached hydrogens (tertiary/aromatic N) is 1. The number of hydrogen-bond acceptors (Lipinski definition) is 2. The lowest BCUT2D eigenvalue weighted by Gasteiger charge is -2.33. The Labute approximate surface area is 108 Å². The number of carboxylic acids is 1. The second-order valence-electron chi connectivity index (χ2n) is 6.14. The molecular formula is C14H23NO3. The summed E-state index contributed by atoms with van der Waals surface area (Å²) in [5, 5.41) is 9.22. The lowest BCUT2D eigenvalue weighted by molar-refractivity contribution is -0.149. The molecule has 18 heavy (non-hydrogen) atoms. The molecule has 1 N–H and O–H groups in total. The summed E-state index contributed by atoms with van der Waals surface area (Å²) in [7, 11) is 0. The summed E-state index contributed by atoms with van der Waals surface area (Å²) in [5.41, 5.74) is 0. The number of hydrogen-bond donors (Lipinski definition) is 1. The minimum atomic E-state index is -0.803. The first-order valence-electron chi connectivity index (χ1n) is 7.00. The summed E-state index contributed by atoms with van der Waals surface area (Å²) in [5.74, 6) is -0.435. The Morgan fingerprint density at radius 1 is 1.00 bits per heavy atom. The maximum absolute atomic E-state index is 12.4. The number of carboxylic acid groups (broad SMARTS) is 1. The van der Waals surface area contributed by atoms with Gasteiger partial charge in [-0.05, 0) is 37.5 Å². The van der Waals surface area contributed by atoms with Gasteiger partial charge in [-0.2, -0.15) is 0 Å². The van der Waals surface area contributed by atoms with E-state index >= 15 is 0 Å². The summed E-state index contributed by atoms with van der Waals surface area (Å²) in [6.45, 7) is 5.86. The lowest BCUT2D eigenvalue weighted by atomic mass is 9.92. The highest BCUT2D eigenvalue weighted by molar-refractivity contribution is 5.85. The first kappa shape index (κ1) is 13.4. The second kappa shape index (κ2) is 5.29. The van der Waals surface area contributed by atoms with Crippen LogP contribution in [0.25, 0.3) is 0 Å². The van der Waals surface area contributed by atoms with Crippen molar-refractivity contribution in [2.75, 3.05) is 13.1 Å². The Morgan fingerprint density at radius 2 is 1.56 bits per heavy atom. The van der Waals surface area contributed by atoms with Crippen molar-refractivity contribution in [2.24, 2.45) is 23.7 Å². The van der Waals surface area contributed by atoms with Gasteiger partial charge in [-0.1, -0.05) is 13.8 Å². The smallest absolute Gasteiger partial charge is 0.307 e. The monoisotopic (exact) mass is 253 g/mol. The normalized spacial score (nSPS) is 33.7. The van der Waals surface area contributed by atoms with Crippen LogP contribution in [-0.4, -0.2) is 35.0 Å². The highest BCUT2D eigenvalue weighted by atomic mass is 16.4. The average Bonchev–Trinajstić information content (AvgIpc) is 2.71. The molecule has 1 aliphatic heterocycles. The Morgan fingerprint density at radius 3 is 2.11 bits per heavy atom. The number of carbonyl (C=O) groups is 2. The van der Waals surface area contributed by atoms with Crippen molar-refractivity contribution in [1.82, 2.24) is 4.90 Å². The lowest BCUT2D eigenvalue weighted by Crippen LogP contribution is -2.43. The van der Waals surface area contributed by atoms with Crippen LogP contribution in [0.15, 0.2) is 0 Å². The number of aliphatic carboxylic acids is 1. The molecule has 1 aliphatic carbocycles. The fourth-order valence-electron chi connectivity index (χ4n) is 3.30. The van der Waals surface area contributed by atoms with Gasteiger partial charge >= 0.3 is 5.97 Å². The second-order valence-corrected chi connectivity index (χ2v) is 6.14. The predicted octanol–water partition coefficient (Wildman–Crippen LogP) is 1.99. The summed E-state index contributed by atoms with van der Waals surface area (Å²) in [4.78, 5) is 25.5. The van der Waals surface area contributed by atoms with E-state index in [9.17, 15) is 14.7 Å². The third-order valence-electron chi connectivity index (χ3n) is 4.53. The van der Waals surface area contributed by atoms with E-state index in [1.165, 1.54) is 0 Å². The zero-order valence-corrected chi connectivity index (χ0v) is 11.3. The third kappa shape index (κ3) is 2.68. The molecule has 3 atom stereocenters. The summed E-state index contributed by atoms with van der Waals surface area (Å²) in [6, 6.07) is 0. The largest absolute Gasteiger partial charge is 0.481 e. The van der Waals surface area contributed by atoms with Gasteiger partial charge in [-0.25, -0.2) is 0 Å². The molecule has 102 valence electrons.